The molecular weight excluding hydrogens is 530 g/mol. The zero-order valence-corrected chi connectivity index (χ0v) is 26.1. The number of piperidine rings is 1. The topological polar surface area (TPSA) is 93.0 Å². The van der Waals surface area contributed by atoms with Crippen molar-refractivity contribution in [2.75, 3.05) is 57.4 Å². The van der Waals surface area contributed by atoms with Gasteiger partial charge in [0.05, 0.1) is 13.2 Å². The van der Waals surface area contributed by atoms with Gasteiger partial charge in [-0.15, -0.1) is 0 Å². The first-order chi connectivity index (χ1) is 20.5. The third-order valence-corrected chi connectivity index (χ3v) is 8.37. The molecule has 0 spiro atoms. The molecule has 1 fully saturated rings. The number of rotatable bonds is 16. The minimum Gasteiger partial charge on any atom is -0.494 e. The van der Waals surface area contributed by atoms with Crippen molar-refractivity contribution < 1.29 is 18.8 Å². The van der Waals surface area contributed by atoms with E-state index in [0.717, 1.165) is 102 Å². The van der Waals surface area contributed by atoms with Gasteiger partial charge in [0.2, 0.25) is 5.91 Å². The van der Waals surface area contributed by atoms with Crippen molar-refractivity contribution in [3.63, 3.8) is 0 Å². The smallest absolute Gasteiger partial charge is 0.324 e. The van der Waals surface area contributed by atoms with Gasteiger partial charge in [-0.2, -0.15) is 4.98 Å². The zero-order valence-electron chi connectivity index (χ0n) is 26.1. The Morgan fingerprint density at radius 2 is 1.90 bits per heavy atom. The molecule has 2 aromatic rings. The molecule has 9 heteroatoms. The van der Waals surface area contributed by atoms with Gasteiger partial charge in [-0.25, -0.2) is 0 Å². The highest BCUT2D eigenvalue weighted by Gasteiger charge is 2.29. The standard InChI is InChI=1S/C33H51N5O4/c1-5-37(33-35-31(25(3)4)36-42-33)20-7-8-23-41-30-15-13-27(14-16-30)26-9-11-28(12-10-26)32(39)38-21-17-29(18-22-38)34-19-24-40-6-2/h9,13-16,25,28-29,34H,5-8,10-12,17-24H2,1-4H3. The highest BCUT2D eigenvalue weighted by atomic mass is 16.5. The van der Waals surface area contributed by atoms with Gasteiger partial charge < -0.3 is 29.1 Å². The third-order valence-electron chi connectivity index (χ3n) is 8.37. The summed E-state index contributed by atoms with van der Waals surface area (Å²) >= 11 is 0. The van der Waals surface area contributed by atoms with Gasteiger partial charge in [0.15, 0.2) is 5.82 Å². The molecule has 4 rings (SSSR count). The van der Waals surface area contributed by atoms with Crippen molar-refractivity contribution in [2.45, 2.75) is 84.6 Å². The van der Waals surface area contributed by atoms with Crippen LogP contribution >= 0.6 is 0 Å². The highest BCUT2D eigenvalue weighted by molar-refractivity contribution is 5.81. The fraction of sp³-hybridized carbons (Fsp3) is 0.667. The first-order valence-corrected chi connectivity index (χ1v) is 16.1. The van der Waals surface area contributed by atoms with E-state index < -0.39 is 0 Å². The molecule has 1 saturated heterocycles. The van der Waals surface area contributed by atoms with Gasteiger partial charge in [0.25, 0.3) is 0 Å². The minimum atomic E-state index is 0.111. The van der Waals surface area contributed by atoms with Crippen LogP contribution in [0.3, 0.4) is 0 Å². The Kier molecular flexibility index (Phi) is 12.7. The molecule has 0 saturated carbocycles. The number of ether oxygens (including phenoxy) is 2. The summed E-state index contributed by atoms with van der Waals surface area (Å²) in [5, 5.41) is 7.64. The number of likely N-dealkylation sites (tertiary alicyclic amines) is 1. The minimum absolute atomic E-state index is 0.111. The first-order valence-electron chi connectivity index (χ1n) is 16.1. The molecular formula is C33H51N5O4. The number of carbonyl (C=O) groups excluding carboxylic acids is 1. The molecule has 1 aliphatic carbocycles. The molecule has 42 heavy (non-hydrogen) atoms. The predicted octanol–water partition coefficient (Wildman–Crippen LogP) is 5.68. The van der Waals surface area contributed by atoms with E-state index in [-0.39, 0.29) is 11.8 Å². The summed E-state index contributed by atoms with van der Waals surface area (Å²) in [5.74, 6) is 2.35. The number of benzene rings is 1. The predicted molar refractivity (Wildman–Crippen MR) is 167 cm³/mol. The second-order valence-corrected chi connectivity index (χ2v) is 11.7. The summed E-state index contributed by atoms with van der Waals surface area (Å²) in [6, 6.07) is 9.51. The molecule has 1 aliphatic heterocycles. The average Bonchev–Trinajstić information content (AvgIpc) is 3.52. The van der Waals surface area contributed by atoms with Crippen LogP contribution in [0, 0.1) is 5.92 Å². The molecule has 1 amide bonds. The lowest BCUT2D eigenvalue weighted by Gasteiger charge is -2.35. The molecule has 9 nitrogen and oxygen atoms in total. The van der Waals surface area contributed by atoms with Crippen LogP contribution in [0.15, 0.2) is 34.9 Å². The van der Waals surface area contributed by atoms with Gasteiger partial charge in [-0.05, 0) is 82.1 Å². The van der Waals surface area contributed by atoms with E-state index in [1.54, 1.807) is 0 Å². The maximum atomic E-state index is 13.2. The number of unbranched alkanes of at least 4 members (excludes halogenated alkanes) is 1. The van der Waals surface area contributed by atoms with Gasteiger partial charge in [0, 0.05) is 57.2 Å². The maximum Gasteiger partial charge on any atom is 0.324 e. The van der Waals surface area contributed by atoms with E-state index >= 15 is 0 Å². The summed E-state index contributed by atoms with van der Waals surface area (Å²) < 4.78 is 16.9. The number of anilines is 1. The number of amides is 1. The summed E-state index contributed by atoms with van der Waals surface area (Å²) in [6.45, 7) is 14.7. The van der Waals surface area contributed by atoms with E-state index in [2.05, 4.69) is 76.4 Å². The molecule has 2 heterocycles. The summed E-state index contributed by atoms with van der Waals surface area (Å²) in [4.78, 5) is 21.9. The van der Waals surface area contributed by atoms with Crippen molar-refractivity contribution >= 4 is 17.5 Å². The van der Waals surface area contributed by atoms with E-state index in [1.165, 1.54) is 11.1 Å². The van der Waals surface area contributed by atoms with E-state index in [1.807, 2.05) is 6.92 Å². The average molecular weight is 582 g/mol. The molecule has 1 aromatic carbocycles. The molecule has 232 valence electrons. The van der Waals surface area contributed by atoms with Crippen molar-refractivity contribution in [2.24, 2.45) is 5.92 Å². The maximum absolute atomic E-state index is 13.2. The quantitative estimate of drug-likeness (QED) is 0.253. The number of hydrogen-bond donors (Lipinski definition) is 1. The lowest BCUT2D eigenvalue weighted by atomic mass is 9.85. The third kappa shape index (κ3) is 9.30. The van der Waals surface area contributed by atoms with Crippen LogP contribution in [-0.4, -0.2) is 79.5 Å². The zero-order chi connectivity index (χ0) is 29.7. The van der Waals surface area contributed by atoms with Gasteiger partial charge in [-0.1, -0.05) is 37.2 Å². The number of allylic oxidation sites excluding steroid dienone is 2. The lowest BCUT2D eigenvalue weighted by Crippen LogP contribution is -2.47. The molecule has 2 aliphatic rings. The molecule has 0 radical (unpaired) electrons. The van der Waals surface area contributed by atoms with Crippen LogP contribution in [-0.2, 0) is 9.53 Å². The number of hydrogen-bond acceptors (Lipinski definition) is 8. The Balaban J connectivity index is 1.14. The van der Waals surface area contributed by atoms with Crippen LogP contribution in [0.25, 0.3) is 5.57 Å². The van der Waals surface area contributed by atoms with Crippen molar-refractivity contribution in [3.05, 3.63) is 41.7 Å². The van der Waals surface area contributed by atoms with Crippen molar-refractivity contribution in [1.82, 2.24) is 20.4 Å². The fourth-order valence-electron chi connectivity index (χ4n) is 5.70. The molecule has 1 atom stereocenters. The van der Waals surface area contributed by atoms with Crippen LogP contribution in [0.5, 0.6) is 5.75 Å². The van der Waals surface area contributed by atoms with Crippen LogP contribution in [0.2, 0.25) is 0 Å². The molecule has 0 bridgehead atoms. The second kappa shape index (κ2) is 16.7. The highest BCUT2D eigenvalue weighted by Crippen LogP contribution is 2.32. The van der Waals surface area contributed by atoms with Gasteiger partial charge in [-0.3, -0.25) is 4.79 Å². The molecule has 1 unspecified atom stereocenters. The van der Waals surface area contributed by atoms with E-state index in [9.17, 15) is 4.79 Å². The number of carbonyl (C=O) groups is 1. The van der Waals surface area contributed by atoms with Crippen molar-refractivity contribution in [1.29, 1.82) is 0 Å². The first kappa shape index (κ1) is 32.0. The Hall–Kier alpha value is -2.91. The number of nitrogens with zero attached hydrogens (tertiary/aromatic N) is 4. The number of nitrogens with one attached hydrogen (secondary N) is 1. The van der Waals surface area contributed by atoms with Crippen LogP contribution in [0.1, 0.15) is 89.9 Å². The van der Waals surface area contributed by atoms with E-state index in [0.29, 0.717) is 24.6 Å². The SMILES string of the molecule is CCOCCNC1CCN(C(=O)C2CC=C(c3ccc(OCCCCN(CC)c4nc(C(C)C)no4)cc3)CC2)CC1. The largest absolute Gasteiger partial charge is 0.494 e. The summed E-state index contributed by atoms with van der Waals surface area (Å²) in [6.07, 6.45) is 8.96. The fourth-order valence-corrected chi connectivity index (χ4v) is 5.70. The normalized spacial score (nSPS) is 17.9. The second-order valence-electron chi connectivity index (χ2n) is 11.7. The molecule has 1 aromatic heterocycles. The lowest BCUT2D eigenvalue weighted by molar-refractivity contribution is -0.136. The Morgan fingerprint density at radius 3 is 2.55 bits per heavy atom. The Labute approximate surface area is 252 Å². The van der Waals surface area contributed by atoms with Crippen LogP contribution in [0.4, 0.5) is 6.01 Å². The van der Waals surface area contributed by atoms with Crippen molar-refractivity contribution in [3.8, 4) is 5.75 Å². The number of aromatic nitrogens is 2. The van der Waals surface area contributed by atoms with Crippen LogP contribution < -0.4 is 15.0 Å². The monoisotopic (exact) mass is 581 g/mol. The summed E-state index contributed by atoms with van der Waals surface area (Å²) in [5.41, 5.74) is 2.57. The van der Waals surface area contributed by atoms with Gasteiger partial charge in [0.1, 0.15) is 5.75 Å². The summed E-state index contributed by atoms with van der Waals surface area (Å²) in [7, 11) is 0. The van der Waals surface area contributed by atoms with Gasteiger partial charge >= 0.3 is 6.01 Å². The molecule has 1 N–H and O–H groups in total. The Bertz CT molecular complexity index is 1110. The van der Waals surface area contributed by atoms with E-state index in [4.69, 9.17) is 14.0 Å². The Morgan fingerprint density at radius 1 is 1.12 bits per heavy atom.